The number of rotatable bonds is 3. The number of hydrogen-bond acceptors (Lipinski definition) is 6. The summed E-state index contributed by atoms with van der Waals surface area (Å²) in [5.74, 6) is 0.660. The van der Waals surface area contributed by atoms with Crippen molar-refractivity contribution < 1.29 is 27.4 Å². The number of benzene rings is 2. The Labute approximate surface area is 168 Å². The SMILES string of the molecule is O=C1COc2ccc(S(=O)(=O)Nc3ccc4c(c3)OC3(CCCCC3)O4)cc2N1. The van der Waals surface area contributed by atoms with Crippen molar-refractivity contribution in [2.75, 3.05) is 16.6 Å². The largest absolute Gasteiger partial charge is 0.482 e. The summed E-state index contributed by atoms with van der Waals surface area (Å²) in [6.07, 6.45) is 4.91. The Kier molecular flexibility index (Phi) is 4.09. The number of nitrogens with one attached hydrogen (secondary N) is 2. The lowest BCUT2D eigenvalue weighted by molar-refractivity contribution is -0.118. The van der Waals surface area contributed by atoms with E-state index in [4.69, 9.17) is 14.2 Å². The fourth-order valence-corrected chi connectivity index (χ4v) is 4.97. The summed E-state index contributed by atoms with van der Waals surface area (Å²) in [7, 11) is -3.87. The van der Waals surface area contributed by atoms with E-state index in [1.807, 2.05) is 0 Å². The molecular formula is C20H20N2O6S. The standard InChI is InChI=1S/C20H20N2O6S/c23-19-12-26-16-7-5-14(11-15(16)21-19)29(24,25)22-13-4-6-17-18(10-13)28-20(27-17)8-2-1-3-9-20/h4-7,10-11,22H,1-3,8-9,12H2,(H,21,23). The summed E-state index contributed by atoms with van der Waals surface area (Å²) in [5.41, 5.74) is 0.701. The average Bonchev–Trinajstić information content (AvgIpc) is 3.04. The van der Waals surface area contributed by atoms with Crippen molar-refractivity contribution in [2.24, 2.45) is 0 Å². The predicted molar refractivity (Wildman–Crippen MR) is 105 cm³/mol. The Bertz CT molecular complexity index is 1090. The van der Waals surface area contributed by atoms with E-state index in [1.54, 1.807) is 18.2 Å². The van der Waals surface area contributed by atoms with Crippen molar-refractivity contribution in [3.63, 3.8) is 0 Å². The van der Waals surface area contributed by atoms with E-state index in [0.29, 0.717) is 28.6 Å². The minimum atomic E-state index is -3.87. The highest BCUT2D eigenvalue weighted by molar-refractivity contribution is 7.92. The molecule has 8 nitrogen and oxygen atoms in total. The molecule has 1 amide bonds. The molecule has 0 radical (unpaired) electrons. The number of ether oxygens (including phenoxy) is 3. The number of carbonyl (C=O) groups excluding carboxylic acids is 1. The molecule has 152 valence electrons. The average molecular weight is 416 g/mol. The minimum Gasteiger partial charge on any atom is -0.482 e. The minimum absolute atomic E-state index is 0.0171. The zero-order valence-corrected chi connectivity index (χ0v) is 16.4. The molecule has 2 aromatic carbocycles. The molecule has 0 aromatic heterocycles. The second-order valence-electron chi connectivity index (χ2n) is 7.44. The van der Waals surface area contributed by atoms with Gasteiger partial charge in [-0.25, -0.2) is 8.42 Å². The van der Waals surface area contributed by atoms with E-state index >= 15 is 0 Å². The van der Waals surface area contributed by atoms with Gasteiger partial charge in [-0.2, -0.15) is 0 Å². The van der Waals surface area contributed by atoms with Crippen LogP contribution in [-0.2, 0) is 14.8 Å². The Morgan fingerprint density at radius 2 is 1.69 bits per heavy atom. The second kappa shape index (κ2) is 6.55. The molecule has 1 aliphatic carbocycles. The smallest absolute Gasteiger partial charge is 0.262 e. The number of anilines is 2. The number of carbonyl (C=O) groups is 1. The van der Waals surface area contributed by atoms with Gasteiger partial charge in [0, 0.05) is 18.9 Å². The molecule has 5 rings (SSSR count). The molecule has 2 heterocycles. The fourth-order valence-electron chi connectivity index (χ4n) is 3.90. The molecule has 2 aromatic rings. The van der Waals surface area contributed by atoms with Gasteiger partial charge in [0.05, 0.1) is 16.3 Å². The van der Waals surface area contributed by atoms with Crippen LogP contribution in [0.3, 0.4) is 0 Å². The van der Waals surface area contributed by atoms with Crippen LogP contribution in [0.4, 0.5) is 11.4 Å². The van der Waals surface area contributed by atoms with Crippen LogP contribution in [-0.4, -0.2) is 26.7 Å². The molecule has 0 bridgehead atoms. The molecule has 29 heavy (non-hydrogen) atoms. The molecule has 3 aliphatic rings. The Hall–Kier alpha value is -2.94. The maximum atomic E-state index is 12.8. The molecule has 0 unspecified atom stereocenters. The molecular weight excluding hydrogens is 396 g/mol. The van der Waals surface area contributed by atoms with Gasteiger partial charge in [-0.3, -0.25) is 9.52 Å². The summed E-state index contributed by atoms with van der Waals surface area (Å²) in [6.45, 7) is -0.0873. The van der Waals surface area contributed by atoms with Crippen LogP contribution >= 0.6 is 0 Å². The van der Waals surface area contributed by atoms with Crippen molar-refractivity contribution >= 4 is 27.3 Å². The summed E-state index contributed by atoms with van der Waals surface area (Å²) in [5, 5.41) is 2.61. The Balaban J connectivity index is 1.38. The third-order valence-corrected chi connectivity index (χ3v) is 6.68. The first-order valence-corrected chi connectivity index (χ1v) is 11.0. The summed E-state index contributed by atoms with van der Waals surface area (Å²) < 4.78 is 45.6. The molecule has 9 heteroatoms. The van der Waals surface area contributed by atoms with Crippen molar-refractivity contribution in [3.05, 3.63) is 36.4 Å². The van der Waals surface area contributed by atoms with Crippen LogP contribution in [0.1, 0.15) is 32.1 Å². The van der Waals surface area contributed by atoms with Gasteiger partial charge in [0.25, 0.3) is 21.7 Å². The summed E-state index contributed by atoms with van der Waals surface area (Å²) in [6, 6.07) is 9.33. The van der Waals surface area contributed by atoms with E-state index in [2.05, 4.69) is 10.0 Å². The van der Waals surface area contributed by atoms with Gasteiger partial charge in [0.2, 0.25) is 0 Å². The van der Waals surface area contributed by atoms with Gasteiger partial charge in [-0.05, 0) is 43.2 Å². The molecule has 1 spiro atoms. The maximum Gasteiger partial charge on any atom is 0.262 e. The number of fused-ring (bicyclic) bond motifs is 2. The first-order chi connectivity index (χ1) is 13.9. The molecule has 2 N–H and O–H groups in total. The number of hydrogen-bond donors (Lipinski definition) is 2. The normalized spacial score (nSPS) is 19.2. The maximum absolute atomic E-state index is 12.8. The van der Waals surface area contributed by atoms with Crippen molar-refractivity contribution in [1.29, 1.82) is 0 Å². The summed E-state index contributed by atoms with van der Waals surface area (Å²) >= 11 is 0. The quantitative estimate of drug-likeness (QED) is 0.796. The Morgan fingerprint density at radius 3 is 2.52 bits per heavy atom. The van der Waals surface area contributed by atoms with Crippen LogP contribution < -0.4 is 24.2 Å². The zero-order valence-electron chi connectivity index (χ0n) is 15.6. The van der Waals surface area contributed by atoms with Gasteiger partial charge in [0.1, 0.15) is 5.75 Å². The van der Waals surface area contributed by atoms with E-state index < -0.39 is 15.8 Å². The van der Waals surface area contributed by atoms with Gasteiger partial charge < -0.3 is 19.5 Å². The molecule has 1 fully saturated rings. The van der Waals surface area contributed by atoms with Gasteiger partial charge in [-0.1, -0.05) is 6.42 Å². The number of amides is 1. The van der Waals surface area contributed by atoms with Crippen LogP contribution in [0, 0.1) is 0 Å². The fraction of sp³-hybridized carbons (Fsp3) is 0.350. The predicted octanol–water partition coefficient (Wildman–Crippen LogP) is 3.25. The monoisotopic (exact) mass is 416 g/mol. The van der Waals surface area contributed by atoms with Gasteiger partial charge in [0.15, 0.2) is 18.1 Å². The van der Waals surface area contributed by atoms with E-state index in [9.17, 15) is 13.2 Å². The van der Waals surface area contributed by atoms with Gasteiger partial charge in [-0.15, -0.1) is 0 Å². The third-order valence-electron chi connectivity index (χ3n) is 5.30. The topological polar surface area (TPSA) is 103 Å². The third kappa shape index (κ3) is 3.35. The van der Waals surface area contributed by atoms with Crippen LogP contribution in [0.25, 0.3) is 0 Å². The molecule has 0 saturated heterocycles. The molecule has 2 aliphatic heterocycles. The second-order valence-corrected chi connectivity index (χ2v) is 9.12. The van der Waals surface area contributed by atoms with Crippen molar-refractivity contribution in [3.8, 4) is 17.2 Å². The van der Waals surface area contributed by atoms with E-state index in [0.717, 1.165) is 25.7 Å². The summed E-state index contributed by atoms with van der Waals surface area (Å²) in [4.78, 5) is 11.5. The van der Waals surface area contributed by atoms with Crippen molar-refractivity contribution in [2.45, 2.75) is 42.8 Å². The van der Waals surface area contributed by atoms with E-state index in [1.165, 1.54) is 24.6 Å². The highest BCUT2D eigenvalue weighted by Crippen LogP contribution is 2.46. The first kappa shape index (κ1) is 18.1. The van der Waals surface area contributed by atoms with E-state index in [-0.39, 0.29) is 17.4 Å². The molecule has 0 atom stereocenters. The Morgan fingerprint density at radius 1 is 0.931 bits per heavy atom. The highest BCUT2D eigenvalue weighted by atomic mass is 32.2. The van der Waals surface area contributed by atoms with Crippen LogP contribution in [0.2, 0.25) is 0 Å². The lowest BCUT2D eigenvalue weighted by Gasteiger charge is -2.31. The lowest BCUT2D eigenvalue weighted by Crippen LogP contribution is -2.40. The van der Waals surface area contributed by atoms with Crippen LogP contribution in [0.15, 0.2) is 41.3 Å². The van der Waals surface area contributed by atoms with Crippen molar-refractivity contribution in [1.82, 2.24) is 0 Å². The lowest BCUT2D eigenvalue weighted by atomic mass is 9.94. The van der Waals surface area contributed by atoms with Crippen LogP contribution in [0.5, 0.6) is 17.2 Å². The van der Waals surface area contributed by atoms with Gasteiger partial charge >= 0.3 is 0 Å². The molecule has 1 saturated carbocycles. The number of sulfonamides is 1. The zero-order chi connectivity index (χ0) is 20.1. The first-order valence-electron chi connectivity index (χ1n) is 9.54. The highest BCUT2D eigenvalue weighted by Gasteiger charge is 2.42.